The van der Waals surface area contributed by atoms with Crippen LogP contribution in [0.1, 0.15) is 13.8 Å². The standard InChI is InChI=1S/C8H16N.W/c1-6-4-9-5-7(2)8(6)3;/h6-9H,3-5H2,1-2H3;/q-1;+2. The van der Waals surface area contributed by atoms with Crippen LogP contribution in [0.25, 0.3) is 0 Å². The molecule has 0 aliphatic carbocycles. The first-order valence-electron chi connectivity index (χ1n) is 3.75. The van der Waals surface area contributed by atoms with Gasteiger partial charge in [-0.2, -0.15) is 5.92 Å². The van der Waals surface area contributed by atoms with Gasteiger partial charge in [-0.05, 0) is 13.1 Å². The summed E-state index contributed by atoms with van der Waals surface area (Å²) >= 11 is 0. The van der Waals surface area contributed by atoms with Gasteiger partial charge in [0.25, 0.3) is 0 Å². The summed E-state index contributed by atoms with van der Waals surface area (Å²) in [6.45, 7) is 11.0. The van der Waals surface area contributed by atoms with E-state index in [9.17, 15) is 0 Å². The van der Waals surface area contributed by atoms with Crippen LogP contribution in [0.3, 0.4) is 0 Å². The van der Waals surface area contributed by atoms with Crippen LogP contribution in [-0.2, 0) is 21.1 Å². The molecule has 58 valence electrons. The van der Waals surface area contributed by atoms with Crippen molar-refractivity contribution in [3.63, 3.8) is 0 Å². The Kier molecular flexibility index (Phi) is 4.80. The predicted octanol–water partition coefficient (Wildman–Crippen LogP) is 1.31. The minimum atomic E-state index is 0. The Balaban J connectivity index is 0.000000810. The molecule has 0 saturated carbocycles. The molecular formula is C8H16NW+. The zero-order chi connectivity index (χ0) is 6.85. The van der Waals surface area contributed by atoms with Crippen molar-refractivity contribution in [1.82, 2.24) is 5.32 Å². The predicted molar refractivity (Wildman–Crippen MR) is 40.0 cm³/mol. The molecule has 0 bridgehead atoms. The molecule has 1 N–H and O–H groups in total. The van der Waals surface area contributed by atoms with Gasteiger partial charge in [-0.3, -0.25) is 0 Å². The first kappa shape index (κ1) is 10.6. The van der Waals surface area contributed by atoms with Crippen molar-refractivity contribution < 1.29 is 21.1 Å². The van der Waals surface area contributed by atoms with Crippen LogP contribution < -0.4 is 5.32 Å². The normalized spacial score (nSPS) is 40.5. The molecule has 0 spiro atoms. The summed E-state index contributed by atoms with van der Waals surface area (Å²) in [5, 5.41) is 3.37. The summed E-state index contributed by atoms with van der Waals surface area (Å²) in [5.41, 5.74) is 0. The van der Waals surface area contributed by atoms with Crippen molar-refractivity contribution in [1.29, 1.82) is 0 Å². The Bertz CT molecular complexity index is 85.3. The molecule has 2 heteroatoms. The maximum absolute atomic E-state index is 4.12. The van der Waals surface area contributed by atoms with Crippen LogP contribution in [0.5, 0.6) is 0 Å². The Hall–Kier alpha value is 0.648. The molecule has 0 aromatic rings. The molecule has 1 aliphatic heterocycles. The topological polar surface area (TPSA) is 12.0 Å². The van der Waals surface area contributed by atoms with Crippen molar-refractivity contribution in [3.05, 3.63) is 6.92 Å². The number of hydrogen-bond donors (Lipinski definition) is 1. The van der Waals surface area contributed by atoms with Gasteiger partial charge in [0.05, 0.1) is 0 Å². The summed E-state index contributed by atoms with van der Waals surface area (Å²) in [6, 6.07) is 0. The molecule has 0 radical (unpaired) electrons. The van der Waals surface area contributed by atoms with E-state index < -0.39 is 0 Å². The summed E-state index contributed by atoms with van der Waals surface area (Å²) in [4.78, 5) is 0. The van der Waals surface area contributed by atoms with Crippen LogP contribution >= 0.6 is 0 Å². The summed E-state index contributed by atoms with van der Waals surface area (Å²) in [6.07, 6.45) is 0. The van der Waals surface area contributed by atoms with E-state index in [1.54, 1.807) is 0 Å². The molecule has 2 atom stereocenters. The maximum atomic E-state index is 4.12. The monoisotopic (exact) mass is 310 g/mol. The van der Waals surface area contributed by atoms with Crippen LogP contribution in [0.15, 0.2) is 0 Å². The van der Waals surface area contributed by atoms with E-state index in [4.69, 9.17) is 0 Å². The van der Waals surface area contributed by atoms with Crippen LogP contribution in [0.2, 0.25) is 0 Å². The average Bonchev–Trinajstić information content (AvgIpc) is 1.83. The third kappa shape index (κ3) is 2.36. The molecular weight excluding hydrogens is 294 g/mol. The summed E-state index contributed by atoms with van der Waals surface area (Å²) in [5.74, 6) is 2.17. The van der Waals surface area contributed by atoms with E-state index in [-0.39, 0.29) is 21.1 Å². The minimum Gasteiger partial charge on any atom is -0.340 e. The van der Waals surface area contributed by atoms with Gasteiger partial charge in [0.2, 0.25) is 0 Å². The van der Waals surface area contributed by atoms with E-state index in [2.05, 4.69) is 26.1 Å². The van der Waals surface area contributed by atoms with Crippen molar-refractivity contribution in [3.8, 4) is 0 Å². The second-order valence-corrected chi connectivity index (χ2v) is 3.28. The van der Waals surface area contributed by atoms with Crippen LogP contribution in [0, 0.1) is 24.7 Å². The molecule has 1 nitrogen and oxygen atoms in total. The van der Waals surface area contributed by atoms with Gasteiger partial charge in [-0.25, -0.2) is 0 Å². The van der Waals surface area contributed by atoms with E-state index in [1.165, 1.54) is 0 Å². The van der Waals surface area contributed by atoms with Gasteiger partial charge in [0.1, 0.15) is 0 Å². The van der Waals surface area contributed by atoms with Crippen LogP contribution in [-0.4, -0.2) is 13.1 Å². The van der Waals surface area contributed by atoms with Gasteiger partial charge < -0.3 is 12.2 Å². The zero-order valence-corrected chi connectivity index (χ0v) is 9.70. The quantitative estimate of drug-likeness (QED) is 0.665. The Labute approximate surface area is 78.2 Å². The molecule has 1 heterocycles. The molecule has 2 unspecified atom stereocenters. The molecule has 1 aliphatic rings. The fraction of sp³-hybridized carbons (Fsp3) is 0.875. The van der Waals surface area contributed by atoms with Crippen molar-refractivity contribution in [2.75, 3.05) is 13.1 Å². The van der Waals surface area contributed by atoms with E-state index in [0.717, 1.165) is 24.9 Å². The summed E-state index contributed by atoms with van der Waals surface area (Å²) in [7, 11) is 0. The SMILES string of the molecule is [CH2-]C1C(C)CNCC1C.[W+2]. The first-order valence-corrected chi connectivity index (χ1v) is 3.75. The third-order valence-electron chi connectivity index (χ3n) is 2.39. The molecule has 1 rings (SSSR count). The average molecular weight is 310 g/mol. The van der Waals surface area contributed by atoms with Gasteiger partial charge >= 0.3 is 21.1 Å². The van der Waals surface area contributed by atoms with Gasteiger partial charge in [-0.15, -0.1) is 0 Å². The maximum Gasteiger partial charge on any atom is 2.00 e. The largest absolute Gasteiger partial charge is 2.00 e. The van der Waals surface area contributed by atoms with Crippen molar-refractivity contribution in [2.45, 2.75) is 13.8 Å². The number of hydrogen-bond acceptors (Lipinski definition) is 1. The van der Waals surface area contributed by atoms with Gasteiger partial charge in [0, 0.05) is 0 Å². The fourth-order valence-corrected chi connectivity index (χ4v) is 1.40. The first-order chi connectivity index (χ1) is 4.22. The smallest absolute Gasteiger partial charge is 0.340 e. The van der Waals surface area contributed by atoms with E-state index in [0.29, 0.717) is 5.92 Å². The second-order valence-electron chi connectivity index (χ2n) is 3.28. The van der Waals surface area contributed by atoms with Crippen LogP contribution in [0.4, 0.5) is 0 Å². The van der Waals surface area contributed by atoms with Crippen molar-refractivity contribution in [2.24, 2.45) is 17.8 Å². The molecule has 0 amide bonds. The number of nitrogens with one attached hydrogen (secondary N) is 1. The fourth-order valence-electron chi connectivity index (χ4n) is 1.40. The minimum absolute atomic E-state index is 0. The number of piperidine rings is 1. The van der Waals surface area contributed by atoms with Gasteiger partial charge in [-0.1, -0.05) is 25.7 Å². The Morgan fingerprint density at radius 1 is 1.20 bits per heavy atom. The molecule has 0 aromatic heterocycles. The Morgan fingerprint density at radius 2 is 1.60 bits per heavy atom. The summed E-state index contributed by atoms with van der Waals surface area (Å²) < 4.78 is 0. The van der Waals surface area contributed by atoms with Crippen molar-refractivity contribution >= 4 is 0 Å². The Morgan fingerprint density at radius 3 is 1.90 bits per heavy atom. The van der Waals surface area contributed by atoms with E-state index >= 15 is 0 Å². The molecule has 1 fully saturated rings. The third-order valence-corrected chi connectivity index (χ3v) is 2.39. The second kappa shape index (κ2) is 4.51. The molecule has 0 aromatic carbocycles. The van der Waals surface area contributed by atoms with E-state index in [1.807, 2.05) is 0 Å². The van der Waals surface area contributed by atoms with Gasteiger partial charge in [0.15, 0.2) is 0 Å². The zero-order valence-electron chi connectivity index (χ0n) is 6.76. The molecule has 1 saturated heterocycles. The molecule has 10 heavy (non-hydrogen) atoms. The number of rotatable bonds is 0.